The number of amides is 2. The fourth-order valence-corrected chi connectivity index (χ4v) is 4.84. The molecule has 0 saturated heterocycles. The van der Waals surface area contributed by atoms with E-state index in [4.69, 9.17) is 5.73 Å². The number of hydrogen-bond donors (Lipinski definition) is 3. The number of anilines is 1. The van der Waals surface area contributed by atoms with Gasteiger partial charge in [-0.05, 0) is 24.3 Å². The summed E-state index contributed by atoms with van der Waals surface area (Å²) < 4.78 is 48.6. The molecule has 28 heavy (non-hydrogen) atoms. The summed E-state index contributed by atoms with van der Waals surface area (Å²) in [5.41, 5.74) is 5.42. The monoisotopic (exact) mass is 426 g/mol. The number of nitrogens with one attached hydrogen (secondary N) is 2. The van der Waals surface area contributed by atoms with Crippen LogP contribution >= 0.6 is 0 Å². The first-order valence-electron chi connectivity index (χ1n) is 7.24. The van der Waals surface area contributed by atoms with Crippen LogP contribution < -0.4 is 15.2 Å². The molecular formula is C14H10N4O8S2. The van der Waals surface area contributed by atoms with E-state index < -0.39 is 36.8 Å². The van der Waals surface area contributed by atoms with Crippen molar-refractivity contribution >= 4 is 43.2 Å². The zero-order chi connectivity index (χ0) is 20.9. The number of nitro groups is 1. The predicted octanol–water partition coefficient (Wildman–Crippen LogP) is -0.272. The number of carbonyl (C=O) groups excluding carboxylic acids is 2. The molecule has 4 rings (SSSR count). The third-order valence-electron chi connectivity index (χ3n) is 3.70. The second-order valence-electron chi connectivity index (χ2n) is 5.56. The molecule has 2 aromatic carbocycles. The normalized spacial score (nSPS) is 17.4. The standard InChI is InChI=1S/C7H4N2O5S.C7H6N2O3S/c10-7-5-2-1-4(9(11)12)3-6(5)15(13,14)8-7;8-4-1-2-5-6(3-4)13(11,12)9-7(5)10/h1-3H,(H,8,10);1-3H,8H2,(H,9,10). The van der Waals surface area contributed by atoms with Crippen molar-refractivity contribution in [1.82, 2.24) is 9.44 Å². The van der Waals surface area contributed by atoms with Crippen LogP contribution in [0.4, 0.5) is 11.4 Å². The van der Waals surface area contributed by atoms with Gasteiger partial charge in [-0.15, -0.1) is 0 Å². The first-order valence-corrected chi connectivity index (χ1v) is 10.2. The lowest BCUT2D eigenvalue weighted by Crippen LogP contribution is -2.20. The zero-order valence-corrected chi connectivity index (χ0v) is 15.2. The van der Waals surface area contributed by atoms with E-state index in [9.17, 15) is 36.5 Å². The Morgan fingerprint density at radius 1 is 0.821 bits per heavy atom. The van der Waals surface area contributed by atoms with Gasteiger partial charge in [0, 0.05) is 17.8 Å². The van der Waals surface area contributed by atoms with Gasteiger partial charge in [-0.3, -0.25) is 19.7 Å². The lowest BCUT2D eigenvalue weighted by Gasteiger charge is -1.95. The number of hydrogen-bond acceptors (Lipinski definition) is 9. The van der Waals surface area contributed by atoms with Gasteiger partial charge >= 0.3 is 0 Å². The van der Waals surface area contributed by atoms with Crippen molar-refractivity contribution in [3.8, 4) is 0 Å². The van der Waals surface area contributed by atoms with E-state index in [1.165, 1.54) is 18.2 Å². The number of nitro benzene ring substituents is 1. The average Bonchev–Trinajstić information content (AvgIpc) is 2.96. The molecule has 0 saturated carbocycles. The maximum absolute atomic E-state index is 11.3. The largest absolute Gasteiger partial charge is 0.399 e. The van der Waals surface area contributed by atoms with Crippen LogP contribution in [-0.4, -0.2) is 33.6 Å². The van der Waals surface area contributed by atoms with Crippen molar-refractivity contribution in [2.75, 3.05) is 5.73 Å². The SMILES string of the molecule is Nc1ccc2c(c1)S(=O)(=O)NC2=O.O=C1NS(=O)(=O)c2cc([N+](=O)[O-])ccc21. The number of benzene rings is 2. The summed E-state index contributed by atoms with van der Waals surface area (Å²) in [5, 5.41) is 10.4. The van der Waals surface area contributed by atoms with Gasteiger partial charge in [0.25, 0.3) is 37.5 Å². The van der Waals surface area contributed by atoms with Gasteiger partial charge in [0.2, 0.25) is 0 Å². The summed E-state index contributed by atoms with van der Waals surface area (Å²) in [5.74, 6) is -1.37. The number of non-ortho nitro benzene ring substituents is 1. The number of nitrogens with two attached hydrogens (primary N) is 1. The molecule has 0 unspecified atom stereocenters. The van der Waals surface area contributed by atoms with Gasteiger partial charge < -0.3 is 5.73 Å². The van der Waals surface area contributed by atoms with Crippen LogP contribution in [0.15, 0.2) is 46.2 Å². The van der Waals surface area contributed by atoms with Crippen molar-refractivity contribution in [2.45, 2.75) is 9.79 Å². The molecule has 0 atom stereocenters. The van der Waals surface area contributed by atoms with Crippen molar-refractivity contribution in [1.29, 1.82) is 0 Å². The van der Waals surface area contributed by atoms with Crippen LogP contribution in [0.5, 0.6) is 0 Å². The van der Waals surface area contributed by atoms with Crippen molar-refractivity contribution in [3.63, 3.8) is 0 Å². The van der Waals surface area contributed by atoms with Gasteiger partial charge in [0.05, 0.1) is 16.1 Å². The number of fused-ring (bicyclic) bond motifs is 2. The molecule has 14 heteroatoms. The number of nitrogens with zero attached hydrogens (tertiary/aromatic N) is 1. The maximum atomic E-state index is 11.3. The van der Waals surface area contributed by atoms with Crippen LogP contribution in [-0.2, 0) is 20.0 Å². The molecule has 0 radical (unpaired) electrons. The molecule has 12 nitrogen and oxygen atoms in total. The summed E-state index contributed by atoms with van der Waals surface area (Å²) >= 11 is 0. The average molecular weight is 426 g/mol. The summed E-state index contributed by atoms with van der Waals surface area (Å²) in [4.78, 5) is 31.4. The fourth-order valence-electron chi connectivity index (χ4n) is 2.45. The molecule has 4 N–H and O–H groups in total. The molecule has 0 spiro atoms. The molecule has 2 amide bonds. The van der Waals surface area contributed by atoms with E-state index in [0.29, 0.717) is 5.69 Å². The third-order valence-corrected chi connectivity index (χ3v) is 6.45. The van der Waals surface area contributed by atoms with E-state index >= 15 is 0 Å². The topological polar surface area (TPSA) is 196 Å². The highest BCUT2D eigenvalue weighted by atomic mass is 32.2. The van der Waals surface area contributed by atoms with Crippen molar-refractivity contribution in [2.24, 2.45) is 0 Å². The Hall–Kier alpha value is -3.52. The zero-order valence-electron chi connectivity index (χ0n) is 13.6. The second kappa shape index (κ2) is 6.28. The molecule has 0 bridgehead atoms. The van der Waals surface area contributed by atoms with Gasteiger partial charge in [0.15, 0.2) is 0 Å². The van der Waals surface area contributed by atoms with E-state index in [-0.39, 0.29) is 26.6 Å². The maximum Gasteiger partial charge on any atom is 0.270 e. The van der Waals surface area contributed by atoms with Crippen LogP contribution in [0.3, 0.4) is 0 Å². The highest BCUT2D eigenvalue weighted by Crippen LogP contribution is 2.26. The minimum Gasteiger partial charge on any atom is -0.399 e. The summed E-state index contributed by atoms with van der Waals surface area (Å²) in [6.45, 7) is 0. The quantitative estimate of drug-likeness (QED) is 0.312. The van der Waals surface area contributed by atoms with E-state index in [0.717, 1.165) is 18.2 Å². The van der Waals surface area contributed by atoms with Crippen LogP contribution in [0.1, 0.15) is 20.7 Å². The predicted molar refractivity (Wildman–Crippen MR) is 93.3 cm³/mol. The Morgan fingerprint density at radius 2 is 1.29 bits per heavy atom. The summed E-state index contributed by atoms with van der Waals surface area (Å²) in [6.07, 6.45) is 0. The van der Waals surface area contributed by atoms with E-state index in [2.05, 4.69) is 0 Å². The molecule has 2 aromatic rings. The van der Waals surface area contributed by atoms with Crippen LogP contribution in [0.2, 0.25) is 0 Å². The van der Waals surface area contributed by atoms with Crippen molar-refractivity contribution in [3.05, 3.63) is 57.6 Å². The number of rotatable bonds is 1. The van der Waals surface area contributed by atoms with Gasteiger partial charge in [0.1, 0.15) is 9.79 Å². The van der Waals surface area contributed by atoms with Crippen molar-refractivity contribution < 1.29 is 31.3 Å². The number of sulfonamides is 2. The molecule has 2 heterocycles. The highest BCUT2D eigenvalue weighted by Gasteiger charge is 2.34. The Morgan fingerprint density at radius 3 is 1.79 bits per heavy atom. The lowest BCUT2D eigenvalue weighted by molar-refractivity contribution is -0.385. The van der Waals surface area contributed by atoms with E-state index in [1.54, 1.807) is 4.72 Å². The smallest absolute Gasteiger partial charge is 0.270 e. The minimum atomic E-state index is -3.91. The van der Waals surface area contributed by atoms with Crippen LogP contribution in [0, 0.1) is 10.1 Å². The number of carbonyl (C=O) groups is 2. The molecule has 2 aliphatic heterocycles. The lowest BCUT2D eigenvalue weighted by atomic mass is 10.2. The summed E-state index contributed by atoms with van der Waals surface area (Å²) in [6, 6.07) is 7.21. The molecule has 0 fully saturated rings. The summed E-state index contributed by atoms with van der Waals surface area (Å²) in [7, 11) is -7.57. The first kappa shape index (κ1) is 19.2. The molecule has 2 aliphatic rings. The Labute approximate surface area is 157 Å². The van der Waals surface area contributed by atoms with Crippen LogP contribution in [0.25, 0.3) is 0 Å². The van der Waals surface area contributed by atoms with E-state index in [1.807, 2.05) is 4.72 Å². The first-order chi connectivity index (χ1) is 12.9. The minimum absolute atomic E-state index is 0.0440. The van der Waals surface area contributed by atoms with Gasteiger partial charge in [-0.2, -0.15) is 0 Å². The second-order valence-corrected chi connectivity index (χ2v) is 8.86. The molecule has 146 valence electrons. The fraction of sp³-hybridized carbons (Fsp3) is 0. The molecule has 0 aromatic heterocycles. The molecule has 0 aliphatic carbocycles. The molecular weight excluding hydrogens is 416 g/mol. The van der Waals surface area contributed by atoms with Gasteiger partial charge in [-0.25, -0.2) is 26.3 Å². The Bertz CT molecular complexity index is 1270. The highest BCUT2D eigenvalue weighted by molar-refractivity contribution is 7.91. The third kappa shape index (κ3) is 3.25. The Kier molecular flexibility index (Phi) is 4.31. The number of nitrogen functional groups attached to an aromatic ring is 1. The Balaban J connectivity index is 0.000000162. The van der Waals surface area contributed by atoms with Gasteiger partial charge in [-0.1, -0.05) is 0 Å².